The summed E-state index contributed by atoms with van der Waals surface area (Å²) in [7, 11) is 4.04. The number of aliphatic imine (C=N–C) groups is 1. The first-order valence-electron chi connectivity index (χ1n) is 9.34. The van der Waals surface area contributed by atoms with Crippen LogP contribution in [-0.4, -0.2) is 37.0 Å². The summed E-state index contributed by atoms with van der Waals surface area (Å²) in [6.07, 6.45) is 6.56. The van der Waals surface area contributed by atoms with E-state index < -0.39 is 0 Å². The van der Waals surface area contributed by atoms with E-state index in [1.165, 1.54) is 43.2 Å². The molecule has 2 rings (SSSR count). The van der Waals surface area contributed by atoms with Gasteiger partial charge in [0.05, 0.1) is 0 Å². The SMILES string of the molecule is CN=C(NCc1ccccc1CN(C)C(C)C)NC1CCCCC1.I. The van der Waals surface area contributed by atoms with Crippen molar-refractivity contribution in [1.82, 2.24) is 15.5 Å². The third-order valence-corrected chi connectivity index (χ3v) is 5.04. The fourth-order valence-corrected chi connectivity index (χ4v) is 3.15. The van der Waals surface area contributed by atoms with Crippen molar-refractivity contribution in [2.75, 3.05) is 14.1 Å². The summed E-state index contributed by atoms with van der Waals surface area (Å²) in [6.45, 7) is 6.26. The molecule has 1 fully saturated rings. The van der Waals surface area contributed by atoms with Gasteiger partial charge in [0, 0.05) is 32.2 Å². The Morgan fingerprint density at radius 1 is 1.16 bits per heavy atom. The van der Waals surface area contributed by atoms with Crippen molar-refractivity contribution in [1.29, 1.82) is 0 Å². The molecule has 0 radical (unpaired) electrons. The van der Waals surface area contributed by atoms with Crippen LogP contribution in [-0.2, 0) is 13.1 Å². The van der Waals surface area contributed by atoms with Crippen molar-refractivity contribution >= 4 is 29.9 Å². The summed E-state index contributed by atoms with van der Waals surface area (Å²) >= 11 is 0. The van der Waals surface area contributed by atoms with Crippen molar-refractivity contribution in [3.63, 3.8) is 0 Å². The first-order valence-corrected chi connectivity index (χ1v) is 9.34. The zero-order valence-corrected chi connectivity index (χ0v) is 18.5. The number of guanidine groups is 1. The van der Waals surface area contributed by atoms with Gasteiger partial charge in [0.25, 0.3) is 0 Å². The van der Waals surface area contributed by atoms with E-state index >= 15 is 0 Å². The Morgan fingerprint density at radius 2 is 1.80 bits per heavy atom. The highest BCUT2D eigenvalue weighted by molar-refractivity contribution is 14.0. The molecule has 0 aromatic heterocycles. The monoisotopic (exact) mass is 458 g/mol. The summed E-state index contributed by atoms with van der Waals surface area (Å²) in [4.78, 5) is 6.77. The molecule has 5 heteroatoms. The first kappa shape index (κ1) is 22.2. The summed E-state index contributed by atoms with van der Waals surface area (Å²) in [5.41, 5.74) is 2.73. The standard InChI is InChI=1S/C20H34N4.HI/c1-16(2)24(4)15-18-11-9-8-10-17(18)14-22-20(21-3)23-19-12-6-5-7-13-19;/h8-11,16,19H,5-7,12-15H2,1-4H3,(H2,21,22,23);1H. The second-order valence-electron chi connectivity index (χ2n) is 7.18. The van der Waals surface area contributed by atoms with Gasteiger partial charge in [-0.2, -0.15) is 0 Å². The Labute approximate surface area is 170 Å². The molecular weight excluding hydrogens is 423 g/mol. The Balaban J connectivity index is 0.00000312. The van der Waals surface area contributed by atoms with Crippen LogP contribution in [0.25, 0.3) is 0 Å². The quantitative estimate of drug-likeness (QED) is 0.383. The topological polar surface area (TPSA) is 39.7 Å². The lowest BCUT2D eigenvalue weighted by Crippen LogP contribution is -2.44. The molecule has 142 valence electrons. The van der Waals surface area contributed by atoms with E-state index in [4.69, 9.17) is 0 Å². The van der Waals surface area contributed by atoms with Gasteiger partial charge in [-0.05, 0) is 44.9 Å². The molecule has 25 heavy (non-hydrogen) atoms. The van der Waals surface area contributed by atoms with Gasteiger partial charge in [0.2, 0.25) is 0 Å². The third kappa shape index (κ3) is 7.52. The number of hydrogen-bond donors (Lipinski definition) is 2. The van der Waals surface area contributed by atoms with E-state index in [1.807, 2.05) is 7.05 Å². The van der Waals surface area contributed by atoms with Crippen molar-refractivity contribution in [3.8, 4) is 0 Å². The molecule has 0 saturated heterocycles. The minimum atomic E-state index is 0. The van der Waals surface area contributed by atoms with E-state index in [-0.39, 0.29) is 24.0 Å². The van der Waals surface area contributed by atoms with E-state index in [0.29, 0.717) is 12.1 Å². The lowest BCUT2D eigenvalue weighted by molar-refractivity contribution is 0.265. The highest BCUT2D eigenvalue weighted by atomic mass is 127. The summed E-state index contributed by atoms with van der Waals surface area (Å²) in [6, 6.07) is 9.81. The van der Waals surface area contributed by atoms with Crippen LogP contribution in [0.1, 0.15) is 57.1 Å². The number of benzene rings is 1. The molecule has 0 heterocycles. The number of nitrogens with zero attached hydrogens (tertiary/aromatic N) is 2. The zero-order chi connectivity index (χ0) is 17.4. The minimum absolute atomic E-state index is 0. The normalized spacial score (nSPS) is 16.0. The molecule has 0 aliphatic heterocycles. The lowest BCUT2D eigenvalue weighted by Gasteiger charge is -2.25. The van der Waals surface area contributed by atoms with Crippen LogP contribution in [0.5, 0.6) is 0 Å². The summed E-state index contributed by atoms with van der Waals surface area (Å²) in [5, 5.41) is 7.08. The Hall–Kier alpha value is -0.820. The Morgan fingerprint density at radius 3 is 2.40 bits per heavy atom. The van der Waals surface area contributed by atoms with Crippen LogP contribution >= 0.6 is 24.0 Å². The molecule has 2 N–H and O–H groups in total. The van der Waals surface area contributed by atoms with E-state index in [1.54, 1.807) is 0 Å². The van der Waals surface area contributed by atoms with Crippen LogP contribution in [0.15, 0.2) is 29.3 Å². The van der Waals surface area contributed by atoms with E-state index in [2.05, 4.69) is 65.7 Å². The average molecular weight is 458 g/mol. The van der Waals surface area contributed by atoms with Gasteiger partial charge in [0.1, 0.15) is 0 Å². The predicted molar refractivity (Wildman–Crippen MR) is 119 cm³/mol. The fourth-order valence-electron chi connectivity index (χ4n) is 3.15. The molecule has 0 bridgehead atoms. The Bertz CT molecular complexity index is 524. The number of halogens is 1. The predicted octanol–water partition coefficient (Wildman–Crippen LogP) is 4.14. The molecule has 1 saturated carbocycles. The highest BCUT2D eigenvalue weighted by Gasteiger charge is 2.14. The summed E-state index contributed by atoms with van der Waals surface area (Å²) < 4.78 is 0. The Kier molecular flexibility index (Phi) is 10.4. The number of rotatable bonds is 6. The molecule has 0 unspecified atom stereocenters. The van der Waals surface area contributed by atoms with Gasteiger partial charge in [-0.3, -0.25) is 9.89 Å². The first-order chi connectivity index (χ1) is 11.6. The third-order valence-electron chi connectivity index (χ3n) is 5.04. The van der Waals surface area contributed by atoms with Crippen LogP contribution in [0.2, 0.25) is 0 Å². The minimum Gasteiger partial charge on any atom is -0.354 e. The summed E-state index contributed by atoms with van der Waals surface area (Å²) in [5.74, 6) is 0.925. The van der Waals surface area contributed by atoms with Gasteiger partial charge in [-0.25, -0.2) is 0 Å². The van der Waals surface area contributed by atoms with Crippen molar-refractivity contribution in [3.05, 3.63) is 35.4 Å². The van der Waals surface area contributed by atoms with Crippen molar-refractivity contribution < 1.29 is 0 Å². The molecule has 1 aliphatic rings. The second-order valence-corrected chi connectivity index (χ2v) is 7.18. The molecule has 0 amide bonds. The average Bonchev–Trinajstić information content (AvgIpc) is 2.60. The maximum atomic E-state index is 4.40. The van der Waals surface area contributed by atoms with Crippen LogP contribution in [0.4, 0.5) is 0 Å². The smallest absolute Gasteiger partial charge is 0.191 e. The molecule has 0 atom stereocenters. The molecule has 4 nitrogen and oxygen atoms in total. The lowest BCUT2D eigenvalue weighted by atomic mass is 9.96. The number of nitrogens with one attached hydrogen (secondary N) is 2. The van der Waals surface area contributed by atoms with Gasteiger partial charge >= 0.3 is 0 Å². The molecule has 1 aromatic carbocycles. The van der Waals surface area contributed by atoms with E-state index in [0.717, 1.165) is 19.0 Å². The van der Waals surface area contributed by atoms with Gasteiger partial charge < -0.3 is 10.6 Å². The molecular formula is C20H35IN4. The van der Waals surface area contributed by atoms with Crippen LogP contribution < -0.4 is 10.6 Å². The maximum Gasteiger partial charge on any atom is 0.191 e. The number of hydrogen-bond acceptors (Lipinski definition) is 2. The van der Waals surface area contributed by atoms with E-state index in [9.17, 15) is 0 Å². The molecule has 0 spiro atoms. The maximum absolute atomic E-state index is 4.40. The largest absolute Gasteiger partial charge is 0.354 e. The second kappa shape index (κ2) is 11.7. The van der Waals surface area contributed by atoms with Crippen LogP contribution in [0.3, 0.4) is 0 Å². The highest BCUT2D eigenvalue weighted by Crippen LogP contribution is 2.17. The van der Waals surface area contributed by atoms with Crippen LogP contribution in [0, 0.1) is 0 Å². The van der Waals surface area contributed by atoms with Gasteiger partial charge in [-0.15, -0.1) is 24.0 Å². The van der Waals surface area contributed by atoms with Crippen molar-refractivity contribution in [2.45, 2.75) is 71.1 Å². The fraction of sp³-hybridized carbons (Fsp3) is 0.650. The van der Waals surface area contributed by atoms with Gasteiger partial charge in [-0.1, -0.05) is 43.5 Å². The van der Waals surface area contributed by atoms with Crippen molar-refractivity contribution in [2.24, 2.45) is 4.99 Å². The molecule has 1 aromatic rings. The molecule has 1 aliphatic carbocycles. The van der Waals surface area contributed by atoms with Gasteiger partial charge in [0.15, 0.2) is 5.96 Å². The zero-order valence-electron chi connectivity index (χ0n) is 16.2.